The van der Waals surface area contributed by atoms with Crippen LogP contribution in [0.25, 0.3) is 0 Å². The minimum atomic E-state index is 0.494. The molecular formula is C10H20O2. The quantitative estimate of drug-likeness (QED) is 0.605. The van der Waals surface area contributed by atoms with Gasteiger partial charge in [-0.2, -0.15) is 0 Å². The molecule has 1 aliphatic rings. The van der Waals surface area contributed by atoms with E-state index in [1.165, 1.54) is 25.7 Å². The van der Waals surface area contributed by atoms with Gasteiger partial charge in [-0.1, -0.05) is 19.8 Å². The normalized spacial score (nSPS) is 30.5. The summed E-state index contributed by atoms with van der Waals surface area (Å²) in [4.78, 5) is 0. The van der Waals surface area contributed by atoms with Gasteiger partial charge >= 0.3 is 0 Å². The SMILES string of the molecule is COCCO[C@H]1CCCC[C@@H]1C. The zero-order valence-electron chi connectivity index (χ0n) is 8.21. The first kappa shape index (κ1) is 10.0. The molecule has 0 radical (unpaired) electrons. The van der Waals surface area contributed by atoms with Gasteiger partial charge in [0, 0.05) is 7.11 Å². The monoisotopic (exact) mass is 172 g/mol. The predicted molar refractivity (Wildman–Crippen MR) is 49.2 cm³/mol. The van der Waals surface area contributed by atoms with Gasteiger partial charge in [-0.15, -0.1) is 0 Å². The summed E-state index contributed by atoms with van der Waals surface area (Å²) in [7, 11) is 1.72. The summed E-state index contributed by atoms with van der Waals surface area (Å²) >= 11 is 0. The maximum absolute atomic E-state index is 5.71. The molecule has 0 aliphatic heterocycles. The fourth-order valence-electron chi connectivity index (χ4n) is 1.81. The lowest BCUT2D eigenvalue weighted by molar-refractivity contribution is -0.0262. The van der Waals surface area contributed by atoms with Gasteiger partial charge in [-0.25, -0.2) is 0 Å². The second-order valence-corrected chi connectivity index (χ2v) is 3.66. The molecule has 2 nitrogen and oxygen atoms in total. The van der Waals surface area contributed by atoms with Crippen LogP contribution in [0.3, 0.4) is 0 Å². The van der Waals surface area contributed by atoms with E-state index in [1.807, 2.05) is 0 Å². The second kappa shape index (κ2) is 5.55. The molecule has 1 fully saturated rings. The van der Waals surface area contributed by atoms with Gasteiger partial charge in [0.05, 0.1) is 19.3 Å². The van der Waals surface area contributed by atoms with Crippen LogP contribution in [0.1, 0.15) is 32.6 Å². The molecule has 2 heteroatoms. The van der Waals surface area contributed by atoms with Gasteiger partial charge in [0.15, 0.2) is 0 Å². The van der Waals surface area contributed by atoms with E-state index in [0.717, 1.165) is 19.1 Å². The van der Waals surface area contributed by atoms with Crippen molar-refractivity contribution in [2.24, 2.45) is 5.92 Å². The van der Waals surface area contributed by atoms with Crippen molar-refractivity contribution >= 4 is 0 Å². The second-order valence-electron chi connectivity index (χ2n) is 3.66. The maximum atomic E-state index is 5.71. The van der Waals surface area contributed by atoms with Crippen LogP contribution >= 0.6 is 0 Å². The Morgan fingerprint density at radius 1 is 1.17 bits per heavy atom. The number of ether oxygens (including phenoxy) is 2. The molecule has 0 amide bonds. The zero-order chi connectivity index (χ0) is 8.81. The molecule has 1 rings (SSSR count). The van der Waals surface area contributed by atoms with Crippen molar-refractivity contribution in [3.05, 3.63) is 0 Å². The van der Waals surface area contributed by atoms with Crippen LogP contribution in [-0.2, 0) is 9.47 Å². The molecule has 0 heterocycles. The Kier molecular flexibility index (Phi) is 4.62. The number of rotatable bonds is 4. The van der Waals surface area contributed by atoms with Gasteiger partial charge < -0.3 is 9.47 Å². The number of methoxy groups -OCH3 is 1. The molecule has 0 saturated heterocycles. The highest BCUT2D eigenvalue weighted by atomic mass is 16.5. The molecule has 0 spiro atoms. The van der Waals surface area contributed by atoms with E-state index in [-0.39, 0.29) is 0 Å². The first-order chi connectivity index (χ1) is 5.84. The van der Waals surface area contributed by atoms with Crippen molar-refractivity contribution in [2.45, 2.75) is 38.7 Å². The first-order valence-corrected chi connectivity index (χ1v) is 4.95. The summed E-state index contributed by atoms with van der Waals surface area (Å²) < 4.78 is 10.7. The third kappa shape index (κ3) is 3.11. The lowest BCUT2D eigenvalue weighted by atomic mass is 9.88. The Labute approximate surface area is 75.2 Å². The van der Waals surface area contributed by atoms with Crippen LogP contribution in [0.4, 0.5) is 0 Å². The van der Waals surface area contributed by atoms with Crippen molar-refractivity contribution in [1.29, 1.82) is 0 Å². The Hall–Kier alpha value is -0.0800. The largest absolute Gasteiger partial charge is 0.382 e. The predicted octanol–water partition coefficient (Wildman–Crippen LogP) is 2.23. The van der Waals surface area contributed by atoms with Gasteiger partial charge in [-0.05, 0) is 18.8 Å². The minimum Gasteiger partial charge on any atom is -0.382 e. The summed E-state index contributed by atoms with van der Waals surface area (Å²) in [5.41, 5.74) is 0. The van der Waals surface area contributed by atoms with Crippen LogP contribution in [0.5, 0.6) is 0 Å². The molecule has 1 aliphatic carbocycles. The molecular weight excluding hydrogens is 152 g/mol. The third-order valence-electron chi connectivity index (χ3n) is 2.65. The molecule has 0 aromatic rings. The van der Waals surface area contributed by atoms with E-state index in [0.29, 0.717) is 6.10 Å². The summed E-state index contributed by atoms with van der Waals surface area (Å²) in [6.07, 6.45) is 5.78. The molecule has 72 valence electrons. The van der Waals surface area contributed by atoms with Crippen LogP contribution in [0.15, 0.2) is 0 Å². The molecule has 12 heavy (non-hydrogen) atoms. The molecule has 0 aromatic heterocycles. The van der Waals surface area contributed by atoms with E-state index in [1.54, 1.807) is 7.11 Å². The number of hydrogen-bond donors (Lipinski definition) is 0. The Morgan fingerprint density at radius 2 is 1.92 bits per heavy atom. The topological polar surface area (TPSA) is 18.5 Å². The summed E-state index contributed by atoms with van der Waals surface area (Å²) in [5.74, 6) is 0.746. The van der Waals surface area contributed by atoms with E-state index in [4.69, 9.17) is 9.47 Å². The maximum Gasteiger partial charge on any atom is 0.0704 e. The molecule has 1 saturated carbocycles. The number of hydrogen-bond acceptors (Lipinski definition) is 2. The first-order valence-electron chi connectivity index (χ1n) is 4.95. The minimum absolute atomic E-state index is 0.494. The van der Waals surface area contributed by atoms with Crippen molar-refractivity contribution < 1.29 is 9.47 Å². The van der Waals surface area contributed by atoms with Crippen LogP contribution in [0, 0.1) is 5.92 Å². The van der Waals surface area contributed by atoms with Crippen molar-refractivity contribution in [1.82, 2.24) is 0 Å². The highest BCUT2D eigenvalue weighted by molar-refractivity contribution is 4.72. The molecule has 2 atom stereocenters. The zero-order valence-corrected chi connectivity index (χ0v) is 8.21. The van der Waals surface area contributed by atoms with E-state index >= 15 is 0 Å². The fraction of sp³-hybridized carbons (Fsp3) is 1.00. The van der Waals surface area contributed by atoms with E-state index in [2.05, 4.69) is 6.92 Å². The molecule has 0 N–H and O–H groups in total. The van der Waals surface area contributed by atoms with E-state index < -0.39 is 0 Å². The van der Waals surface area contributed by atoms with E-state index in [9.17, 15) is 0 Å². The van der Waals surface area contributed by atoms with Crippen LogP contribution in [0.2, 0.25) is 0 Å². The van der Waals surface area contributed by atoms with Crippen LogP contribution in [-0.4, -0.2) is 26.4 Å². The van der Waals surface area contributed by atoms with Gasteiger partial charge in [0.2, 0.25) is 0 Å². The average Bonchev–Trinajstić information content (AvgIpc) is 2.09. The average molecular weight is 172 g/mol. The standard InChI is InChI=1S/C10H20O2/c1-9-5-3-4-6-10(9)12-8-7-11-2/h9-10H,3-8H2,1-2H3/t9-,10-/m0/s1. The van der Waals surface area contributed by atoms with Gasteiger partial charge in [0.25, 0.3) is 0 Å². The smallest absolute Gasteiger partial charge is 0.0704 e. The lowest BCUT2D eigenvalue weighted by Crippen LogP contribution is -2.26. The Bertz CT molecular complexity index is 114. The lowest BCUT2D eigenvalue weighted by Gasteiger charge is -2.28. The van der Waals surface area contributed by atoms with Crippen molar-refractivity contribution in [2.75, 3.05) is 20.3 Å². The highest BCUT2D eigenvalue weighted by Gasteiger charge is 2.21. The highest BCUT2D eigenvalue weighted by Crippen LogP contribution is 2.25. The fourth-order valence-corrected chi connectivity index (χ4v) is 1.81. The van der Waals surface area contributed by atoms with Crippen molar-refractivity contribution in [3.63, 3.8) is 0 Å². The molecule has 0 unspecified atom stereocenters. The van der Waals surface area contributed by atoms with Gasteiger partial charge in [-0.3, -0.25) is 0 Å². The molecule has 0 bridgehead atoms. The van der Waals surface area contributed by atoms with Gasteiger partial charge in [0.1, 0.15) is 0 Å². The summed E-state index contributed by atoms with van der Waals surface area (Å²) in [6.45, 7) is 3.77. The Balaban J connectivity index is 2.11. The molecule has 0 aromatic carbocycles. The Morgan fingerprint density at radius 3 is 2.58 bits per heavy atom. The van der Waals surface area contributed by atoms with Crippen molar-refractivity contribution in [3.8, 4) is 0 Å². The summed E-state index contributed by atoms with van der Waals surface area (Å²) in [6, 6.07) is 0. The van der Waals surface area contributed by atoms with Crippen LogP contribution < -0.4 is 0 Å². The third-order valence-corrected chi connectivity index (χ3v) is 2.65. The summed E-state index contributed by atoms with van der Waals surface area (Å²) in [5, 5.41) is 0.